The van der Waals surface area contributed by atoms with Gasteiger partial charge in [-0.05, 0) is 43.7 Å². The van der Waals surface area contributed by atoms with Crippen molar-refractivity contribution in [1.82, 2.24) is 5.32 Å². The lowest BCUT2D eigenvalue weighted by molar-refractivity contribution is -0.0699. The Balaban J connectivity index is 2.08. The normalized spacial score (nSPS) is 29.9. The second kappa shape index (κ2) is 5.84. The van der Waals surface area contributed by atoms with E-state index in [0.717, 1.165) is 29.6 Å². The van der Waals surface area contributed by atoms with E-state index in [0.29, 0.717) is 12.1 Å². The van der Waals surface area contributed by atoms with Crippen molar-refractivity contribution in [1.29, 1.82) is 0 Å². The van der Waals surface area contributed by atoms with Crippen LogP contribution in [0.25, 0.3) is 0 Å². The molecule has 1 fully saturated rings. The van der Waals surface area contributed by atoms with Crippen molar-refractivity contribution >= 4 is 15.9 Å². The van der Waals surface area contributed by atoms with Gasteiger partial charge in [-0.25, -0.2) is 0 Å². The van der Waals surface area contributed by atoms with Crippen LogP contribution in [0.15, 0.2) is 22.7 Å². The molecule has 19 heavy (non-hydrogen) atoms. The van der Waals surface area contributed by atoms with Crippen LogP contribution < -0.4 is 10.1 Å². The van der Waals surface area contributed by atoms with Crippen molar-refractivity contribution in [2.24, 2.45) is 5.41 Å². The molecule has 2 nitrogen and oxygen atoms in total. The molecule has 0 aliphatic heterocycles. The number of rotatable bonds is 5. The molecule has 1 aromatic carbocycles. The van der Waals surface area contributed by atoms with Gasteiger partial charge in [0.1, 0.15) is 11.9 Å². The van der Waals surface area contributed by atoms with Crippen molar-refractivity contribution in [3.05, 3.63) is 28.2 Å². The van der Waals surface area contributed by atoms with Crippen LogP contribution in [0.2, 0.25) is 0 Å². The molecule has 3 heteroatoms. The molecule has 1 aliphatic carbocycles. The second-order valence-corrected chi connectivity index (χ2v) is 6.64. The van der Waals surface area contributed by atoms with Crippen molar-refractivity contribution in [2.75, 3.05) is 6.54 Å². The summed E-state index contributed by atoms with van der Waals surface area (Å²) in [6, 6.07) is 6.81. The van der Waals surface area contributed by atoms with Gasteiger partial charge in [0.25, 0.3) is 0 Å². The first-order valence-electron chi connectivity index (χ1n) is 7.17. The fraction of sp³-hybridized carbons (Fsp3) is 0.625. The minimum absolute atomic E-state index is 0.246. The van der Waals surface area contributed by atoms with Gasteiger partial charge in [0.05, 0.1) is 0 Å². The van der Waals surface area contributed by atoms with Gasteiger partial charge in [-0.2, -0.15) is 0 Å². The average molecular weight is 326 g/mol. The Hall–Kier alpha value is -0.540. The molecule has 3 atom stereocenters. The first-order chi connectivity index (χ1) is 9.01. The van der Waals surface area contributed by atoms with Crippen LogP contribution in [0.4, 0.5) is 0 Å². The Kier molecular flexibility index (Phi) is 4.57. The summed E-state index contributed by atoms with van der Waals surface area (Å²) in [5.74, 6) is 1.02. The topological polar surface area (TPSA) is 21.3 Å². The zero-order valence-electron chi connectivity index (χ0n) is 12.3. The van der Waals surface area contributed by atoms with Gasteiger partial charge < -0.3 is 10.1 Å². The van der Waals surface area contributed by atoms with E-state index in [2.05, 4.69) is 61.1 Å². The quantitative estimate of drug-likeness (QED) is 0.871. The lowest BCUT2D eigenvalue weighted by Gasteiger charge is -2.53. The first-order valence-corrected chi connectivity index (χ1v) is 7.96. The molecule has 0 saturated heterocycles. The smallest absolute Gasteiger partial charge is 0.122 e. The maximum absolute atomic E-state index is 6.26. The monoisotopic (exact) mass is 325 g/mol. The maximum atomic E-state index is 6.26. The summed E-state index contributed by atoms with van der Waals surface area (Å²) in [7, 11) is 0. The van der Waals surface area contributed by atoms with E-state index < -0.39 is 0 Å². The van der Waals surface area contributed by atoms with E-state index in [1.807, 2.05) is 6.07 Å². The predicted molar refractivity (Wildman–Crippen MR) is 83.8 cm³/mol. The number of halogens is 1. The zero-order valence-corrected chi connectivity index (χ0v) is 13.9. The number of hydrogen-bond donors (Lipinski definition) is 1. The zero-order chi connectivity index (χ0) is 14.0. The molecule has 1 saturated carbocycles. The van der Waals surface area contributed by atoms with Crippen LogP contribution in [0, 0.1) is 12.3 Å². The van der Waals surface area contributed by atoms with Gasteiger partial charge in [-0.3, -0.25) is 0 Å². The molecule has 1 N–H and O–H groups in total. The molecule has 1 aliphatic rings. The van der Waals surface area contributed by atoms with Crippen molar-refractivity contribution in [3.63, 3.8) is 0 Å². The average Bonchev–Trinajstić information content (AvgIpc) is 2.39. The highest BCUT2D eigenvalue weighted by atomic mass is 79.9. The Morgan fingerprint density at radius 1 is 1.42 bits per heavy atom. The third kappa shape index (κ3) is 2.82. The molecule has 0 aromatic heterocycles. The summed E-state index contributed by atoms with van der Waals surface area (Å²) in [6.45, 7) is 9.90. The van der Waals surface area contributed by atoms with E-state index >= 15 is 0 Å². The van der Waals surface area contributed by atoms with Crippen LogP contribution in [0.3, 0.4) is 0 Å². The standard InChI is InChI=1S/C16H24BrNO/c1-5-16(4)14(18-6-2)10-15(16)19-13-8-7-12(17)9-11(13)3/h7-9,14-15,18H,5-6,10H2,1-4H3. The van der Waals surface area contributed by atoms with E-state index in [-0.39, 0.29) is 5.41 Å². The molecular formula is C16H24BrNO. The van der Waals surface area contributed by atoms with Gasteiger partial charge >= 0.3 is 0 Å². The first kappa shape index (κ1) is 14.9. The fourth-order valence-electron chi connectivity index (χ4n) is 2.93. The van der Waals surface area contributed by atoms with Gasteiger partial charge in [0.15, 0.2) is 0 Å². The molecule has 106 valence electrons. The van der Waals surface area contributed by atoms with Crippen LogP contribution in [0.1, 0.15) is 39.2 Å². The summed E-state index contributed by atoms with van der Waals surface area (Å²) in [5.41, 5.74) is 1.44. The molecule has 0 heterocycles. The molecule has 2 rings (SSSR count). The van der Waals surface area contributed by atoms with Crippen LogP contribution >= 0.6 is 15.9 Å². The molecule has 0 radical (unpaired) electrons. The Morgan fingerprint density at radius 3 is 2.74 bits per heavy atom. The van der Waals surface area contributed by atoms with Gasteiger partial charge in [0.2, 0.25) is 0 Å². The third-order valence-corrected chi connectivity index (χ3v) is 5.09. The summed E-state index contributed by atoms with van der Waals surface area (Å²) in [6.07, 6.45) is 2.57. The highest BCUT2D eigenvalue weighted by Crippen LogP contribution is 2.46. The summed E-state index contributed by atoms with van der Waals surface area (Å²) < 4.78 is 7.36. The molecule has 3 unspecified atom stereocenters. The number of ether oxygens (including phenoxy) is 1. The summed E-state index contributed by atoms with van der Waals surface area (Å²) >= 11 is 3.49. The molecule has 0 bridgehead atoms. The fourth-order valence-corrected chi connectivity index (χ4v) is 3.41. The van der Waals surface area contributed by atoms with E-state index in [1.165, 1.54) is 5.56 Å². The van der Waals surface area contributed by atoms with Crippen molar-refractivity contribution < 1.29 is 4.74 Å². The van der Waals surface area contributed by atoms with E-state index in [4.69, 9.17) is 4.74 Å². The minimum atomic E-state index is 0.246. The SMILES string of the molecule is CCNC1CC(Oc2ccc(Br)cc2C)C1(C)CC. The largest absolute Gasteiger partial charge is 0.489 e. The van der Waals surface area contributed by atoms with Crippen LogP contribution in [-0.2, 0) is 0 Å². The molecular weight excluding hydrogens is 302 g/mol. The Labute approximate surface area is 125 Å². The van der Waals surface area contributed by atoms with Crippen LogP contribution in [-0.4, -0.2) is 18.7 Å². The van der Waals surface area contributed by atoms with E-state index in [9.17, 15) is 0 Å². The van der Waals surface area contributed by atoms with Gasteiger partial charge in [-0.15, -0.1) is 0 Å². The van der Waals surface area contributed by atoms with E-state index in [1.54, 1.807) is 0 Å². The lowest BCUT2D eigenvalue weighted by atomic mass is 9.61. The number of aryl methyl sites for hydroxylation is 1. The van der Waals surface area contributed by atoms with Gasteiger partial charge in [0, 0.05) is 22.4 Å². The molecule has 1 aromatic rings. The molecule has 0 amide bonds. The lowest BCUT2D eigenvalue weighted by Crippen LogP contribution is -2.63. The number of nitrogens with one attached hydrogen (secondary N) is 1. The number of hydrogen-bond acceptors (Lipinski definition) is 2. The van der Waals surface area contributed by atoms with Crippen molar-refractivity contribution in [2.45, 2.75) is 52.7 Å². The second-order valence-electron chi connectivity index (χ2n) is 5.72. The Bertz CT molecular complexity index is 448. The van der Waals surface area contributed by atoms with Crippen LogP contribution in [0.5, 0.6) is 5.75 Å². The highest BCUT2D eigenvalue weighted by molar-refractivity contribution is 9.10. The number of benzene rings is 1. The summed E-state index contributed by atoms with van der Waals surface area (Å²) in [4.78, 5) is 0. The third-order valence-electron chi connectivity index (χ3n) is 4.60. The highest BCUT2D eigenvalue weighted by Gasteiger charge is 2.51. The summed E-state index contributed by atoms with van der Waals surface area (Å²) in [5, 5.41) is 3.58. The minimum Gasteiger partial charge on any atom is -0.489 e. The van der Waals surface area contributed by atoms with Gasteiger partial charge in [-0.1, -0.05) is 36.7 Å². The molecule has 0 spiro atoms. The maximum Gasteiger partial charge on any atom is 0.122 e. The predicted octanol–water partition coefficient (Wildman–Crippen LogP) is 4.30. The Morgan fingerprint density at radius 2 is 2.16 bits per heavy atom. The van der Waals surface area contributed by atoms with Crippen molar-refractivity contribution in [3.8, 4) is 5.75 Å².